The van der Waals surface area contributed by atoms with E-state index in [1.54, 1.807) is 6.07 Å². The van der Waals surface area contributed by atoms with Crippen LogP contribution in [-0.2, 0) is 4.79 Å². The second-order valence-electron chi connectivity index (χ2n) is 7.68. The van der Waals surface area contributed by atoms with Crippen molar-refractivity contribution in [1.29, 1.82) is 0 Å². The summed E-state index contributed by atoms with van der Waals surface area (Å²) in [5, 5.41) is 13.5. The molecule has 0 fully saturated rings. The molecule has 0 saturated heterocycles. The number of carbonyl (C=O) groups excluding carboxylic acids is 1. The van der Waals surface area contributed by atoms with Gasteiger partial charge in [0.05, 0.1) is 11.3 Å². The summed E-state index contributed by atoms with van der Waals surface area (Å²) >= 11 is 1.37. The average molecular weight is 435 g/mol. The number of nitrogens with one attached hydrogen (secondary N) is 1. The lowest BCUT2D eigenvalue weighted by Crippen LogP contribution is -2.17. The lowest BCUT2D eigenvalue weighted by atomic mass is 10.0. The summed E-state index contributed by atoms with van der Waals surface area (Å²) in [5.74, 6) is 1.44. The summed E-state index contributed by atoms with van der Waals surface area (Å²) in [5.41, 5.74) is 6.08. The first-order chi connectivity index (χ1) is 15.0. The molecule has 0 saturated carbocycles. The van der Waals surface area contributed by atoms with Crippen LogP contribution in [0.5, 0.6) is 11.5 Å². The van der Waals surface area contributed by atoms with Gasteiger partial charge in [0, 0.05) is 17.1 Å². The highest BCUT2D eigenvalue weighted by Gasteiger charge is 2.16. The number of rotatable bonds is 4. The zero-order valence-corrected chi connectivity index (χ0v) is 18.4. The lowest BCUT2D eigenvalue weighted by Gasteiger charge is -2.19. The van der Waals surface area contributed by atoms with Gasteiger partial charge in [-0.15, -0.1) is 10.2 Å². The van der Waals surface area contributed by atoms with E-state index in [0.29, 0.717) is 35.6 Å². The Bertz CT molecular complexity index is 1330. The molecule has 2 aromatic heterocycles. The lowest BCUT2D eigenvalue weighted by molar-refractivity contribution is -0.113. The number of carbonyl (C=O) groups is 1. The Morgan fingerprint density at radius 3 is 2.68 bits per heavy atom. The molecule has 0 bridgehead atoms. The van der Waals surface area contributed by atoms with Crippen molar-refractivity contribution in [3.05, 3.63) is 53.1 Å². The number of aromatic nitrogens is 3. The van der Waals surface area contributed by atoms with E-state index in [9.17, 15) is 4.79 Å². The number of pyridine rings is 1. The highest BCUT2D eigenvalue weighted by atomic mass is 32.2. The minimum Gasteiger partial charge on any atom is -0.486 e. The van der Waals surface area contributed by atoms with Gasteiger partial charge in [0.15, 0.2) is 22.3 Å². The van der Waals surface area contributed by atoms with Crippen molar-refractivity contribution in [3.8, 4) is 11.5 Å². The maximum atomic E-state index is 12.6. The number of fused-ring (bicyclic) bond motifs is 4. The second-order valence-corrected chi connectivity index (χ2v) is 8.62. The Morgan fingerprint density at radius 1 is 1.03 bits per heavy atom. The van der Waals surface area contributed by atoms with Gasteiger partial charge in [0.25, 0.3) is 0 Å². The first-order valence-electron chi connectivity index (χ1n) is 10.1. The van der Waals surface area contributed by atoms with Gasteiger partial charge >= 0.3 is 0 Å². The predicted molar refractivity (Wildman–Crippen MR) is 121 cm³/mol. The number of benzene rings is 2. The van der Waals surface area contributed by atoms with Gasteiger partial charge in [-0.25, -0.2) is 0 Å². The van der Waals surface area contributed by atoms with Gasteiger partial charge in [-0.3, -0.25) is 9.20 Å². The number of ether oxygens (including phenoxy) is 2. The molecule has 0 radical (unpaired) electrons. The summed E-state index contributed by atoms with van der Waals surface area (Å²) in [6.45, 7) is 7.32. The van der Waals surface area contributed by atoms with Crippen LogP contribution in [0.1, 0.15) is 16.7 Å². The van der Waals surface area contributed by atoms with E-state index in [1.165, 1.54) is 22.7 Å². The van der Waals surface area contributed by atoms with Gasteiger partial charge in [-0.05, 0) is 56.2 Å². The summed E-state index contributed by atoms with van der Waals surface area (Å²) < 4.78 is 13.1. The minimum absolute atomic E-state index is 0.123. The highest BCUT2D eigenvalue weighted by Crippen LogP contribution is 2.33. The number of nitrogens with zero attached hydrogens (tertiary/aromatic N) is 3. The molecule has 4 aromatic rings. The monoisotopic (exact) mass is 434 g/mol. The number of thioether (sulfide) groups is 1. The van der Waals surface area contributed by atoms with E-state index < -0.39 is 0 Å². The van der Waals surface area contributed by atoms with Crippen LogP contribution in [0.2, 0.25) is 0 Å². The zero-order chi connectivity index (χ0) is 21.5. The fourth-order valence-electron chi connectivity index (χ4n) is 3.96. The van der Waals surface area contributed by atoms with Crippen molar-refractivity contribution >= 4 is 39.9 Å². The van der Waals surface area contributed by atoms with Gasteiger partial charge in [0.2, 0.25) is 5.91 Å². The van der Waals surface area contributed by atoms with Gasteiger partial charge in [-0.1, -0.05) is 23.4 Å². The Morgan fingerprint density at radius 2 is 1.84 bits per heavy atom. The fraction of sp³-hybridized carbons (Fsp3) is 0.261. The van der Waals surface area contributed by atoms with Crippen molar-refractivity contribution < 1.29 is 14.3 Å². The summed E-state index contributed by atoms with van der Waals surface area (Å²) in [4.78, 5) is 12.6. The smallest absolute Gasteiger partial charge is 0.234 e. The van der Waals surface area contributed by atoms with Crippen LogP contribution in [0.3, 0.4) is 0 Å². The van der Waals surface area contributed by atoms with Crippen molar-refractivity contribution in [3.63, 3.8) is 0 Å². The van der Waals surface area contributed by atoms with E-state index in [0.717, 1.165) is 22.3 Å². The van der Waals surface area contributed by atoms with Crippen LogP contribution >= 0.6 is 11.8 Å². The second kappa shape index (κ2) is 7.77. The zero-order valence-electron chi connectivity index (χ0n) is 17.6. The first kappa shape index (κ1) is 19.7. The van der Waals surface area contributed by atoms with Crippen molar-refractivity contribution in [2.24, 2.45) is 0 Å². The molecule has 8 heteroatoms. The van der Waals surface area contributed by atoms with E-state index in [1.807, 2.05) is 22.6 Å². The Kier molecular flexibility index (Phi) is 4.94. The van der Waals surface area contributed by atoms with E-state index in [4.69, 9.17) is 9.47 Å². The quantitative estimate of drug-likeness (QED) is 0.482. The molecule has 0 unspecified atom stereocenters. The van der Waals surface area contributed by atoms with Crippen LogP contribution in [0.25, 0.3) is 16.6 Å². The maximum Gasteiger partial charge on any atom is 0.234 e. The Labute approximate surface area is 183 Å². The third-order valence-corrected chi connectivity index (χ3v) is 6.18. The molecular formula is C23H22N4O3S. The molecule has 1 aliphatic rings. The van der Waals surface area contributed by atoms with Crippen LogP contribution in [-0.4, -0.2) is 39.5 Å². The van der Waals surface area contributed by atoms with Crippen molar-refractivity contribution in [1.82, 2.24) is 14.6 Å². The molecule has 5 rings (SSSR count). The first-order valence-corrected chi connectivity index (χ1v) is 11.1. The third-order valence-electron chi connectivity index (χ3n) is 5.26. The number of aryl methyl sites for hydroxylation is 3. The SMILES string of the molecule is Cc1cc(C)c2c(c1)c(C)cc1nnc(SCC(=O)Nc3ccc4c(c3)OCCO4)n12. The van der Waals surface area contributed by atoms with Crippen LogP contribution in [0.4, 0.5) is 5.69 Å². The topological polar surface area (TPSA) is 77.8 Å². The van der Waals surface area contributed by atoms with Crippen molar-refractivity contribution in [2.45, 2.75) is 25.9 Å². The summed E-state index contributed by atoms with van der Waals surface area (Å²) in [6, 6.07) is 11.8. The van der Waals surface area contributed by atoms with Gasteiger partial charge < -0.3 is 14.8 Å². The van der Waals surface area contributed by atoms with Crippen LogP contribution in [0, 0.1) is 20.8 Å². The summed E-state index contributed by atoms with van der Waals surface area (Å²) in [6.07, 6.45) is 0. The van der Waals surface area contributed by atoms with Gasteiger partial charge in [0.1, 0.15) is 13.2 Å². The number of amides is 1. The standard InChI is InChI=1S/C23H22N4O3S/c1-13-8-15(3)22-17(9-13)14(2)10-20-25-26-23(27(20)22)31-12-21(28)24-16-4-5-18-19(11-16)30-7-6-29-18/h4-5,8-11H,6-7,12H2,1-3H3,(H,24,28). The van der Waals surface area contributed by atoms with Crippen molar-refractivity contribution in [2.75, 3.05) is 24.3 Å². The maximum absolute atomic E-state index is 12.6. The number of anilines is 1. The fourth-order valence-corrected chi connectivity index (χ4v) is 4.70. The molecule has 0 spiro atoms. The highest BCUT2D eigenvalue weighted by molar-refractivity contribution is 7.99. The largest absolute Gasteiger partial charge is 0.486 e. The molecular weight excluding hydrogens is 412 g/mol. The molecule has 1 aliphatic heterocycles. The number of hydrogen-bond donors (Lipinski definition) is 1. The molecule has 7 nitrogen and oxygen atoms in total. The normalized spacial score (nSPS) is 13.0. The average Bonchev–Trinajstić information content (AvgIpc) is 3.14. The van der Waals surface area contributed by atoms with E-state index in [2.05, 4.69) is 48.4 Å². The molecule has 158 valence electrons. The van der Waals surface area contributed by atoms with Gasteiger partial charge in [-0.2, -0.15) is 0 Å². The molecule has 0 aliphatic carbocycles. The molecule has 0 atom stereocenters. The summed E-state index contributed by atoms with van der Waals surface area (Å²) in [7, 11) is 0. The van der Waals surface area contributed by atoms with E-state index in [-0.39, 0.29) is 11.7 Å². The molecule has 3 heterocycles. The minimum atomic E-state index is -0.123. The number of hydrogen-bond acceptors (Lipinski definition) is 6. The molecule has 1 amide bonds. The molecule has 31 heavy (non-hydrogen) atoms. The Hall–Kier alpha value is -3.26. The van der Waals surface area contributed by atoms with Crippen LogP contribution in [0.15, 0.2) is 41.6 Å². The molecule has 1 N–H and O–H groups in total. The third kappa shape index (κ3) is 3.67. The Balaban J connectivity index is 1.38. The predicted octanol–water partition coefficient (Wildman–Crippen LogP) is 4.31. The molecule has 2 aromatic carbocycles. The van der Waals surface area contributed by atoms with Crippen LogP contribution < -0.4 is 14.8 Å². The van der Waals surface area contributed by atoms with E-state index >= 15 is 0 Å².